The summed E-state index contributed by atoms with van der Waals surface area (Å²) in [6, 6.07) is 8.85. The second-order valence-corrected chi connectivity index (χ2v) is 9.10. The van der Waals surface area contributed by atoms with Gasteiger partial charge in [0.1, 0.15) is 4.83 Å². The summed E-state index contributed by atoms with van der Waals surface area (Å²) < 4.78 is 1.06. The first-order chi connectivity index (χ1) is 13.5. The molecule has 2 aromatic heterocycles. The summed E-state index contributed by atoms with van der Waals surface area (Å²) in [4.78, 5) is 34.7. The summed E-state index contributed by atoms with van der Waals surface area (Å²) in [5, 5.41) is 3.96. The SMILES string of the molecule is CN(C)C(=O)c1ccc(NC(=O)c2cc3sc(N4CCCCC4)nc3s2)cc1. The van der Waals surface area contributed by atoms with Crippen molar-refractivity contribution in [3.05, 3.63) is 40.8 Å². The Morgan fingerprint density at radius 3 is 2.43 bits per heavy atom. The number of thiazole rings is 1. The van der Waals surface area contributed by atoms with Crippen molar-refractivity contribution in [1.29, 1.82) is 0 Å². The summed E-state index contributed by atoms with van der Waals surface area (Å²) in [5.41, 5.74) is 1.26. The normalized spacial score (nSPS) is 14.3. The lowest BCUT2D eigenvalue weighted by Crippen LogP contribution is -2.29. The summed E-state index contributed by atoms with van der Waals surface area (Å²) in [5.74, 6) is -0.214. The van der Waals surface area contributed by atoms with Crippen LogP contribution in [0.3, 0.4) is 0 Å². The molecule has 0 spiro atoms. The van der Waals surface area contributed by atoms with Gasteiger partial charge in [-0.15, -0.1) is 11.3 Å². The molecule has 1 N–H and O–H groups in total. The third-order valence-corrected chi connectivity index (χ3v) is 6.94. The molecule has 1 aliphatic rings. The number of amides is 2. The van der Waals surface area contributed by atoms with Crippen LogP contribution in [0.4, 0.5) is 10.8 Å². The zero-order chi connectivity index (χ0) is 19.7. The lowest BCUT2D eigenvalue weighted by molar-refractivity contribution is 0.0827. The van der Waals surface area contributed by atoms with E-state index in [1.54, 1.807) is 49.7 Å². The van der Waals surface area contributed by atoms with Crippen molar-refractivity contribution in [1.82, 2.24) is 9.88 Å². The number of hydrogen-bond donors (Lipinski definition) is 1. The highest BCUT2D eigenvalue weighted by Crippen LogP contribution is 2.35. The second-order valence-electron chi connectivity index (χ2n) is 7.06. The van der Waals surface area contributed by atoms with Gasteiger partial charge in [-0.3, -0.25) is 9.59 Å². The van der Waals surface area contributed by atoms with E-state index in [-0.39, 0.29) is 11.8 Å². The van der Waals surface area contributed by atoms with Gasteiger partial charge in [0.05, 0.1) is 9.58 Å². The number of piperidine rings is 1. The maximum atomic E-state index is 12.6. The number of aromatic nitrogens is 1. The standard InChI is InChI=1S/C20H22N4O2S2/c1-23(2)19(26)13-6-8-14(9-7-13)21-17(25)15-12-16-18(27-15)22-20(28-16)24-10-4-3-5-11-24/h6-9,12H,3-5,10-11H2,1-2H3,(H,21,25). The molecule has 0 saturated carbocycles. The zero-order valence-electron chi connectivity index (χ0n) is 15.9. The lowest BCUT2D eigenvalue weighted by atomic mass is 10.1. The van der Waals surface area contributed by atoms with Crippen molar-refractivity contribution in [2.24, 2.45) is 0 Å². The van der Waals surface area contributed by atoms with Crippen LogP contribution in [-0.4, -0.2) is 48.9 Å². The van der Waals surface area contributed by atoms with Crippen LogP contribution in [0.5, 0.6) is 0 Å². The van der Waals surface area contributed by atoms with Gasteiger partial charge in [0, 0.05) is 38.4 Å². The second kappa shape index (κ2) is 7.89. The third-order valence-electron chi connectivity index (χ3n) is 4.72. The molecule has 6 nitrogen and oxygen atoms in total. The van der Waals surface area contributed by atoms with E-state index in [0.717, 1.165) is 27.8 Å². The quantitative estimate of drug-likeness (QED) is 0.691. The van der Waals surface area contributed by atoms with Crippen LogP contribution in [0.2, 0.25) is 0 Å². The summed E-state index contributed by atoms with van der Waals surface area (Å²) in [6.07, 6.45) is 3.74. The predicted octanol–water partition coefficient (Wildman–Crippen LogP) is 4.30. The Labute approximate surface area is 171 Å². The van der Waals surface area contributed by atoms with E-state index < -0.39 is 0 Å². The van der Waals surface area contributed by atoms with E-state index in [4.69, 9.17) is 4.98 Å². The number of rotatable bonds is 4. The number of thiophene rings is 1. The van der Waals surface area contributed by atoms with Crippen molar-refractivity contribution in [2.45, 2.75) is 19.3 Å². The van der Waals surface area contributed by atoms with Gasteiger partial charge in [-0.1, -0.05) is 11.3 Å². The minimum absolute atomic E-state index is 0.0630. The average molecular weight is 415 g/mol. The Hall–Kier alpha value is -2.45. The highest BCUT2D eigenvalue weighted by atomic mass is 32.1. The third kappa shape index (κ3) is 3.88. The molecule has 8 heteroatoms. The molecule has 0 bridgehead atoms. The number of nitrogens with zero attached hydrogens (tertiary/aromatic N) is 3. The van der Waals surface area contributed by atoms with Gasteiger partial charge in [-0.25, -0.2) is 4.98 Å². The average Bonchev–Trinajstić information content (AvgIpc) is 3.28. The van der Waals surface area contributed by atoms with Crippen LogP contribution in [-0.2, 0) is 0 Å². The number of nitrogens with one attached hydrogen (secondary N) is 1. The maximum absolute atomic E-state index is 12.6. The number of fused-ring (bicyclic) bond motifs is 1. The number of carbonyl (C=O) groups excluding carboxylic acids is 2. The van der Waals surface area contributed by atoms with E-state index >= 15 is 0 Å². The van der Waals surface area contributed by atoms with Crippen molar-refractivity contribution >= 4 is 54.8 Å². The molecule has 0 radical (unpaired) electrons. The van der Waals surface area contributed by atoms with Crippen LogP contribution in [0.1, 0.15) is 39.3 Å². The van der Waals surface area contributed by atoms with Crippen molar-refractivity contribution in [2.75, 3.05) is 37.4 Å². The van der Waals surface area contributed by atoms with E-state index in [0.29, 0.717) is 16.1 Å². The molecule has 0 atom stereocenters. The number of anilines is 2. The Kier molecular flexibility index (Phi) is 5.32. The van der Waals surface area contributed by atoms with Crippen molar-refractivity contribution < 1.29 is 9.59 Å². The molecule has 0 unspecified atom stereocenters. The fourth-order valence-electron chi connectivity index (χ4n) is 3.20. The Bertz CT molecular complexity index is 970. The topological polar surface area (TPSA) is 65.5 Å². The highest BCUT2D eigenvalue weighted by molar-refractivity contribution is 7.29. The molecular weight excluding hydrogens is 392 g/mol. The van der Waals surface area contributed by atoms with Gasteiger partial charge in [0.2, 0.25) is 0 Å². The number of carbonyl (C=O) groups is 2. The summed E-state index contributed by atoms with van der Waals surface area (Å²) in [6.45, 7) is 2.14. The Balaban J connectivity index is 1.45. The number of hydrogen-bond acceptors (Lipinski definition) is 6. The molecule has 4 rings (SSSR count). The molecule has 146 valence electrons. The van der Waals surface area contributed by atoms with E-state index in [2.05, 4.69) is 10.2 Å². The predicted molar refractivity (Wildman–Crippen MR) is 116 cm³/mol. The smallest absolute Gasteiger partial charge is 0.265 e. The van der Waals surface area contributed by atoms with Crippen molar-refractivity contribution in [3.8, 4) is 0 Å². The molecule has 2 amide bonds. The van der Waals surface area contributed by atoms with E-state index in [9.17, 15) is 9.59 Å². The fraction of sp³-hybridized carbons (Fsp3) is 0.350. The fourth-order valence-corrected chi connectivity index (χ4v) is 5.36. The molecule has 3 aromatic rings. The first-order valence-corrected chi connectivity index (χ1v) is 10.9. The molecule has 1 fully saturated rings. The minimum atomic E-state index is -0.151. The molecule has 3 heterocycles. The molecule has 1 aromatic carbocycles. The molecule has 28 heavy (non-hydrogen) atoms. The molecular formula is C20H22N4O2S2. The van der Waals surface area contributed by atoms with Gasteiger partial charge in [0.25, 0.3) is 11.8 Å². The largest absolute Gasteiger partial charge is 0.348 e. The number of benzene rings is 1. The maximum Gasteiger partial charge on any atom is 0.265 e. The van der Waals surface area contributed by atoms with Crippen LogP contribution in [0.25, 0.3) is 9.53 Å². The minimum Gasteiger partial charge on any atom is -0.348 e. The van der Waals surface area contributed by atoms with Crippen LogP contribution >= 0.6 is 22.7 Å². The molecule has 0 aliphatic carbocycles. The van der Waals surface area contributed by atoms with Crippen LogP contribution < -0.4 is 10.2 Å². The van der Waals surface area contributed by atoms with Gasteiger partial charge >= 0.3 is 0 Å². The lowest BCUT2D eigenvalue weighted by Gasteiger charge is -2.25. The Morgan fingerprint density at radius 1 is 1.07 bits per heavy atom. The van der Waals surface area contributed by atoms with Gasteiger partial charge in [0.15, 0.2) is 5.13 Å². The van der Waals surface area contributed by atoms with Gasteiger partial charge in [-0.2, -0.15) is 0 Å². The first kappa shape index (κ1) is 18.9. The van der Waals surface area contributed by atoms with E-state index in [1.807, 2.05) is 6.07 Å². The van der Waals surface area contributed by atoms with Crippen molar-refractivity contribution in [3.63, 3.8) is 0 Å². The van der Waals surface area contributed by atoms with Crippen LogP contribution in [0.15, 0.2) is 30.3 Å². The zero-order valence-corrected chi connectivity index (χ0v) is 17.5. The molecule has 1 aliphatic heterocycles. The van der Waals surface area contributed by atoms with Gasteiger partial charge in [-0.05, 0) is 49.6 Å². The van der Waals surface area contributed by atoms with E-state index in [1.165, 1.54) is 35.5 Å². The van der Waals surface area contributed by atoms with Gasteiger partial charge < -0.3 is 15.1 Å². The Morgan fingerprint density at radius 2 is 1.79 bits per heavy atom. The summed E-state index contributed by atoms with van der Waals surface area (Å²) >= 11 is 3.08. The monoisotopic (exact) mass is 414 g/mol. The van der Waals surface area contributed by atoms with Crippen LogP contribution in [0, 0.1) is 0 Å². The first-order valence-electron chi connectivity index (χ1n) is 9.29. The highest BCUT2D eigenvalue weighted by Gasteiger charge is 2.18. The molecule has 1 saturated heterocycles. The summed E-state index contributed by atoms with van der Waals surface area (Å²) in [7, 11) is 3.43.